The number of hydrogen-bond donors (Lipinski definition) is 1. The van der Waals surface area contributed by atoms with Gasteiger partial charge in [-0.15, -0.1) is 0 Å². The molecule has 0 bridgehead atoms. The van der Waals surface area contributed by atoms with Gasteiger partial charge in [0.25, 0.3) is 11.8 Å². The van der Waals surface area contributed by atoms with Crippen molar-refractivity contribution < 1.29 is 14.7 Å². The zero-order valence-corrected chi connectivity index (χ0v) is 20.2. The molecule has 1 fully saturated rings. The van der Waals surface area contributed by atoms with Crippen LogP contribution in [0.3, 0.4) is 0 Å². The minimum absolute atomic E-state index is 0.186. The minimum Gasteiger partial charge on any atom is -0.508 e. The topological polar surface area (TPSA) is 57.6 Å². The fraction of sp³-hybridized carbons (Fsp3) is 0.290. The van der Waals surface area contributed by atoms with Crippen LogP contribution in [0.15, 0.2) is 78.4 Å². The number of rotatable bonds is 7. The Balaban J connectivity index is 1.47. The number of carbonyl (C=O) groups is 2. The number of allylic oxidation sites excluding steroid dienone is 1. The van der Waals surface area contributed by atoms with Gasteiger partial charge in [0.1, 0.15) is 5.75 Å². The van der Waals surface area contributed by atoms with Gasteiger partial charge in [-0.25, -0.2) is 0 Å². The smallest absolute Gasteiger partial charge is 0.261 e. The maximum absolute atomic E-state index is 12.8. The van der Waals surface area contributed by atoms with E-state index >= 15 is 0 Å². The van der Waals surface area contributed by atoms with E-state index in [4.69, 9.17) is 0 Å². The largest absolute Gasteiger partial charge is 0.508 e. The summed E-state index contributed by atoms with van der Waals surface area (Å²) < 4.78 is 0. The van der Waals surface area contributed by atoms with Crippen LogP contribution in [0.5, 0.6) is 5.75 Å². The monoisotopic (exact) mass is 465 g/mol. The summed E-state index contributed by atoms with van der Waals surface area (Å²) in [5, 5.41) is 9.90. The zero-order valence-electron chi connectivity index (χ0n) is 20.2. The molecule has 0 spiro atoms. The maximum atomic E-state index is 12.8. The summed E-state index contributed by atoms with van der Waals surface area (Å²) in [6.45, 7) is 2.51. The number of imide groups is 1. The highest BCUT2D eigenvalue weighted by atomic mass is 16.3. The standard InChI is InChI=1S/C31H31NO3/c1-21-12-14-23(15-13-21)29(24-16-18-25(33)19-17-24)26(22-7-2-3-8-22)11-6-20-32-30(34)27-9-4-5-10-28(27)31(32)35/h4-5,9-10,12-19,22,33H,2-3,6-8,11,20H2,1H3/b29-26+. The van der Waals surface area contributed by atoms with Gasteiger partial charge in [0.15, 0.2) is 0 Å². The van der Waals surface area contributed by atoms with Gasteiger partial charge in [0.2, 0.25) is 0 Å². The minimum atomic E-state index is -0.186. The van der Waals surface area contributed by atoms with Gasteiger partial charge < -0.3 is 5.11 Å². The molecule has 0 unspecified atom stereocenters. The first-order valence-corrected chi connectivity index (χ1v) is 12.6. The van der Waals surface area contributed by atoms with E-state index in [2.05, 4.69) is 31.2 Å². The molecule has 0 aromatic heterocycles. The van der Waals surface area contributed by atoms with Crippen LogP contribution in [0.25, 0.3) is 5.57 Å². The van der Waals surface area contributed by atoms with Gasteiger partial charge in [0, 0.05) is 6.54 Å². The summed E-state index contributed by atoms with van der Waals surface area (Å²) in [5.41, 5.74) is 7.11. The van der Waals surface area contributed by atoms with E-state index in [1.165, 1.54) is 40.0 Å². The molecule has 1 aliphatic carbocycles. The normalized spacial score (nSPS) is 16.5. The first-order valence-electron chi connectivity index (χ1n) is 12.6. The predicted octanol–water partition coefficient (Wildman–Crippen LogP) is 6.77. The fourth-order valence-electron chi connectivity index (χ4n) is 5.56. The van der Waals surface area contributed by atoms with Crippen molar-refractivity contribution in [1.82, 2.24) is 4.90 Å². The van der Waals surface area contributed by atoms with Crippen LogP contribution in [-0.2, 0) is 0 Å². The lowest BCUT2D eigenvalue weighted by molar-refractivity contribution is 0.0652. The Labute approximate surface area is 206 Å². The lowest BCUT2D eigenvalue weighted by atomic mass is 9.83. The van der Waals surface area contributed by atoms with Crippen LogP contribution in [0, 0.1) is 12.8 Å². The number of nitrogens with zero attached hydrogens (tertiary/aromatic N) is 1. The molecule has 3 aromatic carbocycles. The summed E-state index contributed by atoms with van der Waals surface area (Å²) >= 11 is 0. The van der Waals surface area contributed by atoms with Crippen LogP contribution >= 0.6 is 0 Å². The third-order valence-electron chi connectivity index (χ3n) is 7.37. The molecule has 4 nitrogen and oxygen atoms in total. The van der Waals surface area contributed by atoms with Gasteiger partial charge in [-0.05, 0) is 79.5 Å². The number of amides is 2. The van der Waals surface area contributed by atoms with E-state index in [9.17, 15) is 14.7 Å². The molecule has 1 heterocycles. The number of phenols is 1. The molecule has 2 aliphatic rings. The molecule has 35 heavy (non-hydrogen) atoms. The highest BCUT2D eigenvalue weighted by molar-refractivity contribution is 6.21. The van der Waals surface area contributed by atoms with Gasteiger partial charge in [0.05, 0.1) is 11.1 Å². The van der Waals surface area contributed by atoms with Crippen molar-refractivity contribution in [3.05, 3.63) is 106 Å². The van der Waals surface area contributed by atoms with E-state index in [1.54, 1.807) is 36.4 Å². The number of phenolic OH excluding ortho intramolecular Hbond substituents is 1. The quantitative estimate of drug-likeness (QED) is 0.392. The highest BCUT2D eigenvalue weighted by Crippen LogP contribution is 2.41. The number of aryl methyl sites for hydroxylation is 1. The van der Waals surface area contributed by atoms with Crippen molar-refractivity contribution in [2.45, 2.75) is 45.4 Å². The van der Waals surface area contributed by atoms with E-state index in [1.807, 2.05) is 12.1 Å². The second-order valence-electron chi connectivity index (χ2n) is 9.71. The molecule has 1 N–H and O–H groups in total. The van der Waals surface area contributed by atoms with E-state index in [0.717, 1.165) is 31.2 Å². The Morgan fingerprint density at radius 3 is 1.94 bits per heavy atom. The van der Waals surface area contributed by atoms with Crippen LogP contribution in [0.2, 0.25) is 0 Å². The average Bonchev–Trinajstić information content (AvgIpc) is 3.49. The summed E-state index contributed by atoms with van der Waals surface area (Å²) in [5.74, 6) is 0.371. The number of aromatic hydroxyl groups is 1. The van der Waals surface area contributed by atoms with Gasteiger partial charge in [-0.2, -0.15) is 0 Å². The molecular formula is C31H31NO3. The average molecular weight is 466 g/mol. The van der Waals surface area contributed by atoms with Crippen LogP contribution in [0.4, 0.5) is 0 Å². The van der Waals surface area contributed by atoms with Gasteiger partial charge in [-0.3, -0.25) is 14.5 Å². The van der Waals surface area contributed by atoms with E-state index < -0.39 is 0 Å². The molecule has 0 saturated heterocycles. The number of fused-ring (bicyclic) bond motifs is 1. The summed E-state index contributed by atoms with van der Waals surface area (Å²) in [6, 6.07) is 23.2. The van der Waals surface area contributed by atoms with Crippen LogP contribution in [-0.4, -0.2) is 28.4 Å². The first kappa shape index (κ1) is 23.1. The third-order valence-corrected chi connectivity index (χ3v) is 7.37. The van der Waals surface area contributed by atoms with Crippen molar-refractivity contribution in [3.8, 4) is 5.75 Å². The molecule has 4 heteroatoms. The Bertz CT molecular complexity index is 1180. The Morgan fingerprint density at radius 1 is 0.829 bits per heavy atom. The molecule has 2 amide bonds. The van der Waals surface area contributed by atoms with Crippen molar-refractivity contribution >= 4 is 17.4 Å². The van der Waals surface area contributed by atoms with Crippen molar-refractivity contribution in [2.24, 2.45) is 5.92 Å². The number of benzene rings is 3. The Hall–Kier alpha value is -3.66. The molecule has 1 aliphatic heterocycles. The summed E-state index contributed by atoms with van der Waals surface area (Å²) in [7, 11) is 0. The molecule has 0 radical (unpaired) electrons. The molecule has 3 aromatic rings. The highest BCUT2D eigenvalue weighted by Gasteiger charge is 2.34. The van der Waals surface area contributed by atoms with Gasteiger partial charge >= 0.3 is 0 Å². The van der Waals surface area contributed by atoms with E-state index in [0.29, 0.717) is 23.6 Å². The third kappa shape index (κ3) is 4.66. The van der Waals surface area contributed by atoms with E-state index in [-0.39, 0.29) is 17.6 Å². The SMILES string of the molecule is Cc1ccc(/C(=C(/CCCN2C(=O)c3ccccc3C2=O)C2CCCC2)c2ccc(O)cc2)cc1. The number of carbonyl (C=O) groups excluding carboxylic acids is 2. The lowest BCUT2D eigenvalue weighted by Crippen LogP contribution is -2.30. The van der Waals surface area contributed by atoms with Crippen LogP contribution in [0.1, 0.15) is 75.9 Å². The first-order chi connectivity index (χ1) is 17.0. The molecular weight excluding hydrogens is 434 g/mol. The number of hydrogen-bond acceptors (Lipinski definition) is 3. The molecule has 1 saturated carbocycles. The molecule has 178 valence electrons. The Kier molecular flexibility index (Phi) is 6.54. The molecule has 0 atom stereocenters. The maximum Gasteiger partial charge on any atom is 0.261 e. The van der Waals surface area contributed by atoms with Crippen molar-refractivity contribution in [3.63, 3.8) is 0 Å². The van der Waals surface area contributed by atoms with Crippen molar-refractivity contribution in [2.75, 3.05) is 6.54 Å². The Morgan fingerprint density at radius 2 is 1.37 bits per heavy atom. The second kappa shape index (κ2) is 9.91. The van der Waals surface area contributed by atoms with Gasteiger partial charge in [-0.1, -0.05) is 72.5 Å². The molecule has 5 rings (SSSR count). The predicted molar refractivity (Wildman–Crippen MR) is 138 cm³/mol. The van der Waals surface area contributed by atoms with Crippen molar-refractivity contribution in [1.29, 1.82) is 0 Å². The lowest BCUT2D eigenvalue weighted by Gasteiger charge is -2.23. The second-order valence-corrected chi connectivity index (χ2v) is 9.71. The summed E-state index contributed by atoms with van der Waals surface area (Å²) in [4.78, 5) is 27.1. The van der Waals surface area contributed by atoms with Crippen LogP contribution < -0.4 is 0 Å². The summed E-state index contributed by atoms with van der Waals surface area (Å²) in [6.07, 6.45) is 6.32. The fourth-order valence-corrected chi connectivity index (χ4v) is 5.56. The zero-order chi connectivity index (χ0) is 24.4.